The molecule has 53 heteroatoms. The van der Waals surface area contributed by atoms with Crippen molar-refractivity contribution in [1.82, 2.24) is 19.9 Å². The summed E-state index contributed by atoms with van der Waals surface area (Å²) in [5, 5.41) is 228. The summed E-state index contributed by atoms with van der Waals surface area (Å²) in [5.74, 6) is -38.0. The van der Waals surface area contributed by atoms with Crippen molar-refractivity contribution in [1.29, 1.82) is 0 Å². The molecule has 0 unspecified atom stereocenters. The van der Waals surface area contributed by atoms with Crippen LogP contribution in [-0.2, 0) is 66.3 Å². The zero-order valence-corrected chi connectivity index (χ0v) is 66.6. The van der Waals surface area contributed by atoms with Crippen LogP contribution < -0.4 is 4.74 Å². The Kier molecular flexibility index (Phi) is 28.2. The Bertz CT molecular complexity index is 5490. The quantitative estimate of drug-likeness (QED) is 0.0326. The van der Waals surface area contributed by atoms with Gasteiger partial charge < -0.3 is 188 Å². The SMILES string of the molecule is OC[C@H]1O[C@@H]2O[C@H]3O[C@H](COc4c(F)c(F)c(-c5c6ccc([nH]6)c(-c6c(F)c(F)c(F)c(F)c6F)c6nc(c(-c7c(F)c(F)c(F)c(F)c7F)c7ccc([nH]7)c7ccc5[nH]7)C=C6)c(F)c4F)[C@@H](O[C@H]4[C@H](O)[C@@H](O)[C@@H](O[C@H]5[C@H](O)[C@@H](O)[C@@H](O[C@H]6[C@H](O)[C@@H](O)[C@@H](O[C@H]7[C@@H](O)[C@@H](O)[C@@H](O[C@H]8[C@H](O)[C@@H](O)[C@@H](O[C@H]1[C@H](O)[C@H]2O)O[C@@H]8CO)O[C@@H]7CO)O[C@@H]6CO)O[C@@H]5CO)O[C@@H]4CO)[C@H](O)[C@H]3O. The molecular weight excluding hydrogens is 1830 g/mol. The maximum absolute atomic E-state index is 17.8. The van der Waals surface area contributed by atoms with Crippen LogP contribution in [0.2, 0.25) is 0 Å². The predicted molar refractivity (Wildman–Crippen MR) is 398 cm³/mol. The molecule has 23 N–H and O–H groups in total. The molecule has 22 aliphatic rings. The van der Waals surface area contributed by atoms with E-state index in [4.69, 9.17) is 71.1 Å². The van der Waals surface area contributed by atoms with Crippen molar-refractivity contribution >= 4 is 45.3 Å². The van der Waals surface area contributed by atoms with Gasteiger partial charge in [0.25, 0.3) is 0 Å². The lowest BCUT2D eigenvalue weighted by Gasteiger charge is -2.50. The van der Waals surface area contributed by atoms with E-state index in [1.54, 1.807) is 0 Å². The molecule has 724 valence electrons. The number of benzene rings is 3. The van der Waals surface area contributed by atoms with Crippen molar-refractivity contribution in [3.8, 4) is 39.1 Å². The number of aliphatic hydroxyl groups excluding tert-OH is 20. The molecule has 0 saturated carbocycles. The number of hydrogen-bond acceptors (Lipinski definition) is 36. The Morgan fingerprint density at radius 1 is 0.227 bits per heavy atom. The van der Waals surface area contributed by atoms with Crippen molar-refractivity contribution in [3.63, 3.8) is 0 Å². The van der Waals surface area contributed by atoms with E-state index < -0.39 is 415 Å². The van der Waals surface area contributed by atoms with Gasteiger partial charge >= 0.3 is 0 Å². The van der Waals surface area contributed by atoms with E-state index in [1.165, 1.54) is 0 Å². The molecule has 35 atom stereocenters. The Hall–Kier alpha value is -8.15. The number of aromatic amines is 3. The maximum atomic E-state index is 17.8. The number of hydrogen-bond donors (Lipinski definition) is 23. The number of aromatic nitrogens is 4. The molecule has 29 rings (SSSR count). The van der Waals surface area contributed by atoms with Crippen LogP contribution in [-0.4, -0.2) is 383 Å². The Labute approximate surface area is 727 Å². The molecule has 26 heterocycles. The average molecular weight is 1910 g/mol. The third-order valence-corrected chi connectivity index (χ3v) is 24.0. The molecule has 39 nitrogen and oxygen atoms in total. The molecular formula is C79H80F14N4O35. The van der Waals surface area contributed by atoms with E-state index in [-0.39, 0.29) is 11.0 Å². The lowest BCUT2D eigenvalue weighted by molar-refractivity contribution is -0.402. The zero-order valence-electron chi connectivity index (χ0n) is 66.6. The number of rotatable bonds is 12. The van der Waals surface area contributed by atoms with E-state index in [9.17, 15) is 111 Å². The summed E-state index contributed by atoms with van der Waals surface area (Å²) in [6, 6.07) is 5.44. The highest BCUT2D eigenvalue weighted by Gasteiger charge is 2.61. The number of nitrogens with one attached hydrogen (secondary N) is 3. The van der Waals surface area contributed by atoms with E-state index in [0.717, 1.165) is 36.4 Å². The molecule has 22 aliphatic heterocycles. The molecule has 0 spiro atoms. The van der Waals surface area contributed by atoms with Gasteiger partial charge in [-0.15, -0.1) is 0 Å². The first-order valence-electron chi connectivity index (χ1n) is 40.0. The van der Waals surface area contributed by atoms with Crippen LogP contribution in [0.25, 0.3) is 78.6 Å². The van der Waals surface area contributed by atoms with Crippen molar-refractivity contribution in [2.45, 2.75) is 215 Å². The third kappa shape index (κ3) is 16.9. The second-order valence-electron chi connectivity index (χ2n) is 31.8. The lowest BCUT2D eigenvalue weighted by Crippen LogP contribution is -2.68. The van der Waals surface area contributed by atoms with Gasteiger partial charge in [-0.25, -0.2) is 57.7 Å². The van der Waals surface area contributed by atoms with Gasteiger partial charge in [-0.1, -0.05) is 0 Å². The number of halogens is 14. The van der Waals surface area contributed by atoms with Gasteiger partial charge in [0.1, 0.15) is 178 Å². The van der Waals surface area contributed by atoms with E-state index in [2.05, 4.69) is 19.9 Å². The molecule has 0 amide bonds. The fraction of sp³-hybridized carbons (Fsp3) is 0.532. The highest BCUT2D eigenvalue weighted by Crippen LogP contribution is 2.47. The first kappa shape index (κ1) is 97.0. The standard InChI is InChI=1S/C79H80F14N4O35/c80-37-34(38(81)44(87)47(90)43(37)86)31-18-3-1-16(94-18)17-2-4-19(95-17)32(21-6-8-23(97-21)33(22-7-5-20(31)96-22)35-39(82)45(88)48(91)46(89)40(35)83)36-41(84)49(92)72(50(93)42(36)85)118-15-30-71-57(110)64(117)79(125-30)132-78-63(116)56(109)70(29(14-103)124-78)131-77-62(115)55(108)69(28(13-102)123-77)130-76-61(114)54(107)68(27(12-101)122-76)129-75-60(113)53(106)67(26(11-100)121-75)128-74-59(112)52(105)66(25(10-99)120-74)127-73-58(111)51(104)65(126-71)24(9-98)119-73/h1-8,24-30,51-71,73-79,94-95,97-117H,9-15H2/t24-,25-,26-,27-,28-,29-,30-,51-,52-,53-,54+,55-,56-,57-,58-,59-,60-,61-,62-,63-,64-,65-,66-,67-,68-,69-,70-,71-,73-,74-,75-,76-,77-,78-,79-/m1/s1. The molecule has 4 aromatic heterocycles. The normalized spacial score (nSPS) is 37.5. The monoisotopic (exact) mass is 1910 g/mol. The topological polar surface area (TPSA) is 603 Å². The Morgan fingerprint density at radius 2 is 0.432 bits per heavy atom. The molecule has 21 saturated heterocycles. The summed E-state index contributed by atoms with van der Waals surface area (Å²) in [5.41, 5.74) is -14.1. The Morgan fingerprint density at radius 3 is 0.705 bits per heavy atom. The zero-order chi connectivity index (χ0) is 95.0. The molecule has 22 bridgehead atoms. The van der Waals surface area contributed by atoms with Gasteiger partial charge in [-0.2, -0.15) is 8.78 Å². The van der Waals surface area contributed by atoms with Crippen molar-refractivity contribution in [3.05, 3.63) is 129 Å². The maximum Gasteiger partial charge on any atom is 0.204 e. The van der Waals surface area contributed by atoms with Gasteiger partial charge in [-0.05, 0) is 48.6 Å². The summed E-state index contributed by atoms with van der Waals surface area (Å²) < 4.78 is 312. The fourth-order valence-electron chi connectivity index (χ4n) is 17.1. The third-order valence-electron chi connectivity index (χ3n) is 24.0. The van der Waals surface area contributed by atoms with Crippen LogP contribution >= 0.6 is 0 Å². The second-order valence-corrected chi connectivity index (χ2v) is 31.8. The summed E-state index contributed by atoms with van der Waals surface area (Å²) in [6.07, 6.45) is -79.4. The molecule has 0 aliphatic carbocycles. The minimum absolute atomic E-state index is 0.262. The number of aliphatic hydroxyl groups is 20. The lowest BCUT2D eigenvalue weighted by atomic mass is 9.94. The van der Waals surface area contributed by atoms with E-state index >= 15 is 52.7 Å². The van der Waals surface area contributed by atoms with Gasteiger partial charge in [0.15, 0.2) is 108 Å². The number of H-pyrrole nitrogens is 3. The summed E-state index contributed by atoms with van der Waals surface area (Å²) in [6.45, 7) is -9.21. The van der Waals surface area contributed by atoms with Crippen LogP contribution in [0.4, 0.5) is 61.5 Å². The Balaban J connectivity index is 0.764. The predicted octanol–water partition coefficient (Wildman–Crippen LogP) is -3.19. The summed E-state index contributed by atoms with van der Waals surface area (Å²) in [7, 11) is 0. The summed E-state index contributed by atoms with van der Waals surface area (Å²) >= 11 is 0. The molecule has 21 fully saturated rings. The van der Waals surface area contributed by atoms with E-state index in [0.29, 0.717) is 12.1 Å². The van der Waals surface area contributed by atoms with Crippen LogP contribution in [0.1, 0.15) is 11.4 Å². The fourth-order valence-corrected chi connectivity index (χ4v) is 17.1. The molecule has 3 aromatic carbocycles. The minimum atomic E-state index is -2.75. The van der Waals surface area contributed by atoms with Crippen molar-refractivity contribution in [2.75, 3.05) is 46.2 Å². The van der Waals surface area contributed by atoms with E-state index in [1.807, 2.05) is 0 Å². The first-order chi connectivity index (χ1) is 62.8. The van der Waals surface area contributed by atoms with Crippen LogP contribution in [0.3, 0.4) is 0 Å². The summed E-state index contributed by atoms with van der Waals surface area (Å²) in [4.78, 5) is 11.8. The second kappa shape index (κ2) is 38.4. The number of nitrogens with zero attached hydrogens (tertiary/aromatic N) is 1. The molecule has 7 aromatic rings. The van der Waals surface area contributed by atoms with Crippen molar-refractivity contribution < 1.29 is 235 Å². The van der Waals surface area contributed by atoms with Crippen LogP contribution in [0.5, 0.6) is 5.75 Å². The van der Waals surface area contributed by atoms with Gasteiger partial charge in [0.2, 0.25) is 23.3 Å². The highest BCUT2D eigenvalue weighted by molar-refractivity contribution is 6.00. The van der Waals surface area contributed by atoms with Crippen LogP contribution in [0.15, 0.2) is 36.4 Å². The first-order valence-corrected chi connectivity index (χ1v) is 40.0. The highest BCUT2D eigenvalue weighted by atomic mass is 19.2. The molecule has 0 radical (unpaired) electrons. The van der Waals surface area contributed by atoms with Crippen molar-refractivity contribution in [2.24, 2.45) is 0 Å². The number of fused-ring (bicyclic) bond motifs is 9. The van der Waals surface area contributed by atoms with Crippen LogP contribution in [0, 0.1) is 81.4 Å². The van der Waals surface area contributed by atoms with Gasteiger partial charge in [0.05, 0.1) is 78.8 Å². The largest absolute Gasteiger partial charge is 0.485 e. The van der Waals surface area contributed by atoms with Gasteiger partial charge in [0, 0.05) is 38.8 Å². The number of ether oxygens (including phenoxy) is 15. The van der Waals surface area contributed by atoms with Gasteiger partial charge in [-0.3, -0.25) is 0 Å². The minimum Gasteiger partial charge on any atom is -0.485 e. The smallest absolute Gasteiger partial charge is 0.204 e. The average Bonchev–Trinajstić information content (AvgIpc) is 1.68. The molecule has 132 heavy (non-hydrogen) atoms.